The monoisotopic (exact) mass is 302 g/mol. The van der Waals surface area contributed by atoms with Crippen LogP contribution in [0.1, 0.15) is 60.2 Å². The first-order valence-corrected chi connectivity index (χ1v) is 6.94. The fraction of sp³-hybridized carbons (Fsp3) is 0.533. The number of benzene rings is 1. The van der Waals surface area contributed by atoms with E-state index in [1.54, 1.807) is 0 Å². The largest absolute Gasteiger partial charge is 0.456 e. The van der Waals surface area contributed by atoms with E-state index >= 15 is 0 Å². The van der Waals surface area contributed by atoms with Gasteiger partial charge < -0.3 is 9.84 Å². The second-order valence-electron chi connectivity index (χ2n) is 5.18. The van der Waals surface area contributed by atoms with Gasteiger partial charge in [-0.3, -0.25) is 0 Å². The van der Waals surface area contributed by atoms with Crippen LogP contribution in [0.15, 0.2) is 18.2 Å². The van der Waals surface area contributed by atoms with Gasteiger partial charge in [-0.05, 0) is 36.6 Å². The van der Waals surface area contributed by atoms with Crippen molar-refractivity contribution < 1.29 is 27.8 Å². The summed E-state index contributed by atoms with van der Waals surface area (Å²) in [6.45, 7) is 2.01. The second kappa shape index (κ2) is 6.05. The lowest BCUT2D eigenvalue weighted by Crippen LogP contribution is -2.32. The van der Waals surface area contributed by atoms with Crippen molar-refractivity contribution in [3.63, 3.8) is 0 Å². The Balaban J connectivity index is 2.28. The molecule has 3 nitrogen and oxygen atoms in total. The molecule has 116 valence electrons. The Bertz CT molecular complexity index is 525. The van der Waals surface area contributed by atoms with Gasteiger partial charge in [0.15, 0.2) is 0 Å². The number of esters is 1. The first-order valence-electron chi connectivity index (χ1n) is 6.94. The number of alkyl halides is 3. The van der Waals surface area contributed by atoms with E-state index in [-0.39, 0.29) is 11.1 Å². The molecular formula is C15H17F3O3. The first-order chi connectivity index (χ1) is 9.84. The van der Waals surface area contributed by atoms with Gasteiger partial charge in [0.25, 0.3) is 0 Å². The van der Waals surface area contributed by atoms with E-state index in [1.807, 2.05) is 6.92 Å². The molecule has 2 atom stereocenters. The molecule has 0 amide bonds. The van der Waals surface area contributed by atoms with Gasteiger partial charge in [-0.25, -0.2) is 4.79 Å². The molecule has 0 bridgehead atoms. The normalized spacial score (nSPS) is 21.9. The van der Waals surface area contributed by atoms with Crippen molar-refractivity contribution in [1.29, 1.82) is 0 Å². The first kappa shape index (κ1) is 15.8. The minimum atomic E-state index is -4.51. The summed E-state index contributed by atoms with van der Waals surface area (Å²) in [5, 5.41) is 10.2. The Morgan fingerprint density at radius 3 is 2.62 bits per heavy atom. The predicted molar refractivity (Wildman–Crippen MR) is 69.7 cm³/mol. The summed E-state index contributed by atoms with van der Waals surface area (Å²) in [5.74, 6) is -0.675. The Kier molecular flexibility index (Phi) is 4.56. The molecule has 0 fully saturated rings. The number of carbonyl (C=O) groups is 1. The number of hydrogen-bond donors (Lipinski definition) is 1. The number of aliphatic hydroxyl groups excluding tert-OH is 1. The maximum Gasteiger partial charge on any atom is 0.416 e. The quantitative estimate of drug-likeness (QED) is 0.678. The van der Waals surface area contributed by atoms with Crippen molar-refractivity contribution in [2.24, 2.45) is 0 Å². The molecule has 0 saturated carbocycles. The van der Waals surface area contributed by atoms with Gasteiger partial charge in [0.05, 0.1) is 11.1 Å². The molecule has 6 heteroatoms. The summed E-state index contributed by atoms with van der Waals surface area (Å²) in [4.78, 5) is 11.8. The molecule has 0 saturated heterocycles. The van der Waals surface area contributed by atoms with Crippen LogP contribution in [0.3, 0.4) is 0 Å². The summed E-state index contributed by atoms with van der Waals surface area (Å²) in [6.07, 6.45) is -3.43. The zero-order valence-electron chi connectivity index (χ0n) is 11.6. The second-order valence-corrected chi connectivity index (χ2v) is 5.18. The molecule has 1 heterocycles. The molecule has 0 radical (unpaired) electrons. The van der Waals surface area contributed by atoms with Crippen LogP contribution in [0, 0.1) is 0 Å². The highest BCUT2D eigenvalue weighted by Crippen LogP contribution is 2.37. The standard InChI is InChI=1S/C15H17F3O3/c1-2-3-4-5-12-13(19)11-8-9(15(16,17)18)6-7-10(11)14(20)21-12/h6-8,12-13,19H,2-5H2,1H3/t12-,13+/m1/s1. The summed E-state index contributed by atoms with van der Waals surface area (Å²) in [6, 6.07) is 2.73. The van der Waals surface area contributed by atoms with E-state index in [9.17, 15) is 23.1 Å². The summed E-state index contributed by atoms with van der Waals surface area (Å²) in [7, 11) is 0. The van der Waals surface area contributed by atoms with Crippen LogP contribution in [0.2, 0.25) is 0 Å². The molecule has 0 aromatic heterocycles. The lowest BCUT2D eigenvalue weighted by Gasteiger charge is -2.30. The minimum Gasteiger partial charge on any atom is -0.456 e. The predicted octanol–water partition coefficient (Wildman–Crippen LogP) is 3.86. The van der Waals surface area contributed by atoms with E-state index in [1.165, 1.54) is 0 Å². The van der Waals surface area contributed by atoms with Crippen LogP contribution in [0.4, 0.5) is 13.2 Å². The molecule has 0 spiro atoms. The molecule has 21 heavy (non-hydrogen) atoms. The van der Waals surface area contributed by atoms with Crippen molar-refractivity contribution in [1.82, 2.24) is 0 Å². The smallest absolute Gasteiger partial charge is 0.416 e. The number of hydrogen-bond acceptors (Lipinski definition) is 3. The number of fused-ring (bicyclic) bond motifs is 1. The van der Waals surface area contributed by atoms with Gasteiger partial charge in [-0.1, -0.05) is 19.8 Å². The van der Waals surface area contributed by atoms with Gasteiger partial charge in [0.2, 0.25) is 0 Å². The van der Waals surface area contributed by atoms with E-state index in [2.05, 4.69) is 0 Å². The molecule has 1 aliphatic rings. The van der Waals surface area contributed by atoms with Crippen molar-refractivity contribution >= 4 is 5.97 Å². The molecule has 1 N–H and O–H groups in total. The average Bonchev–Trinajstić information content (AvgIpc) is 2.43. The van der Waals surface area contributed by atoms with Crippen LogP contribution in [0.25, 0.3) is 0 Å². The third-order valence-electron chi connectivity index (χ3n) is 3.62. The van der Waals surface area contributed by atoms with Gasteiger partial charge in [-0.2, -0.15) is 13.2 Å². The Hall–Kier alpha value is -1.56. The summed E-state index contributed by atoms with van der Waals surface area (Å²) >= 11 is 0. The van der Waals surface area contributed by atoms with Gasteiger partial charge >= 0.3 is 12.1 Å². The number of ether oxygens (including phenoxy) is 1. The number of unbranched alkanes of at least 4 members (excludes halogenated alkanes) is 2. The zero-order valence-corrected chi connectivity index (χ0v) is 11.6. The van der Waals surface area contributed by atoms with E-state index < -0.39 is 29.9 Å². The molecule has 1 aromatic rings. The van der Waals surface area contributed by atoms with Gasteiger partial charge in [0, 0.05) is 0 Å². The lowest BCUT2D eigenvalue weighted by atomic mass is 9.91. The SMILES string of the molecule is CCCCC[C@H]1OC(=O)c2ccc(C(F)(F)F)cc2[C@@H]1O. The average molecular weight is 302 g/mol. The molecule has 1 aromatic carbocycles. The molecule has 1 aliphatic heterocycles. The van der Waals surface area contributed by atoms with E-state index in [4.69, 9.17) is 4.74 Å². The third kappa shape index (κ3) is 3.37. The van der Waals surface area contributed by atoms with Crippen LogP contribution >= 0.6 is 0 Å². The van der Waals surface area contributed by atoms with Crippen LogP contribution < -0.4 is 0 Å². The van der Waals surface area contributed by atoms with Gasteiger partial charge in [0.1, 0.15) is 12.2 Å². The molecule has 0 aliphatic carbocycles. The van der Waals surface area contributed by atoms with Crippen molar-refractivity contribution in [3.8, 4) is 0 Å². The highest BCUT2D eigenvalue weighted by molar-refractivity contribution is 5.92. The molecule has 2 rings (SSSR count). The zero-order chi connectivity index (χ0) is 15.6. The number of cyclic esters (lactones) is 1. The number of rotatable bonds is 4. The fourth-order valence-corrected chi connectivity index (χ4v) is 2.45. The minimum absolute atomic E-state index is 0.00208. The Morgan fingerprint density at radius 1 is 1.29 bits per heavy atom. The lowest BCUT2D eigenvalue weighted by molar-refractivity contribution is -0.137. The summed E-state index contributed by atoms with van der Waals surface area (Å²) in [5.41, 5.74) is -0.868. The number of carbonyl (C=O) groups excluding carboxylic acids is 1. The van der Waals surface area contributed by atoms with Crippen molar-refractivity contribution in [2.45, 2.75) is 51.0 Å². The maximum atomic E-state index is 12.7. The van der Waals surface area contributed by atoms with Crippen LogP contribution in [-0.4, -0.2) is 17.2 Å². The molecular weight excluding hydrogens is 285 g/mol. The fourth-order valence-electron chi connectivity index (χ4n) is 2.45. The van der Waals surface area contributed by atoms with E-state index in [0.717, 1.165) is 37.5 Å². The number of aliphatic hydroxyl groups is 1. The van der Waals surface area contributed by atoms with Gasteiger partial charge in [-0.15, -0.1) is 0 Å². The highest BCUT2D eigenvalue weighted by atomic mass is 19.4. The van der Waals surface area contributed by atoms with Crippen molar-refractivity contribution in [2.75, 3.05) is 0 Å². The van der Waals surface area contributed by atoms with E-state index in [0.29, 0.717) is 6.42 Å². The van der Waals surface area contributed by atoms with Crippen molar-refractivity contribution in [3.05, 3.63) is 34.9 Å². The third-order valence-corrected chi connectivity index (χ3v) is 3.62. The Labute approximate surface area is 120 Å². The van der Waals surface area contributed by atoms with Crippen LogP contribution in [-0.2, 0) is 10.9 Å². The highest BCUT2D eigenvalue weighted by Gasteiger charge is 2.37. The topological polar surface area (TPSA) is 46.5 Å². The Morgan fingerprint density at radius 2 is 2.00 bits per heavy atom. The number of halogens is 3. The maximum absolute atomic E-state index is 12.7. The summed E-state index contributed by atoms with van der Waals surface area (Å²) < 4.78 is 43.3. The van der Waals surface area contributed by atoms with Crippen LogP contribution in [0.5, 0.6) is 0 Å². The molecule has 0 unspecified atom stereocenters.